The highest BCUT2D eigenvalue weighted by atomic mass is 35.5. The van der Waals surface area contributed by atoms with Gasteiger partial charge in [0.25, 0.3) is 0 Å². The van der Waals surface area contributed by atoms with E-state index < -0.39 is 6.61 Å². The van der Waals surface area contributed by atoms with E-state index in [0.29, 0.717) is 39.4 Å². The van der Waals surface area contributed by atoms with Gasteiger partial charge in [-0.25, -0.2) is 14.4 Å². The van der Waals surface area contributed by atoms with Crippen LogP contribution in [0.5, 0.6) is 5.75 Å². The third kappa shape index (κ3) is 6.81. The smallest absolute Gasteiger partial charge is 0.160 e. The second-order valence-electron chi connectivity index (χ2n) is 8.91. The van der Waals surface area contributed by atoms with Crippen LogP contribution in [0, 0.1) is 5.82 Å². The Balaban J connectivity index is 1.28. The minimum atomic E-state index is -0.485. The van der Waals surface area contributed by atoms with Gasteiger partial charge in [0.2, 0.25) is 0 Å². The van der Waals surface area contributed by atoms with E-state index in [1.165, 1.54) is 18.5 Å². The highest BCUT2D eigenvalue weighted by Crippen LogP contribution is 2.33. The van der Waals surface area contributed by atoms with Crippen LogP contribution >= 0.6 is 11.6 Å². The van der Waals surface area contributed by atoms with Crippen molar-refractivity contribution in [3.05, 3.63) is 101 Å². The Morgan fingerprint density at radius 3 is 2.75 bits per heavy atom. The Labute approximate surface area is 234 Å². The Kier molecular flexibility index (Phi) is 8.65. The first-order valence-electron chi connectivity index (χ1n) is 12.5. The van der Waals surface area contributed by atoms with Crippen LogP contribution in [0.2, 0.25) is 5.02 Å². The molecule has 0 saturated carbocycles. The quantitative estimate of drug-likeness (QED) is 0.167. The van der Waals surface area contributed by atoms with Crippen LogP contribution in [0.4, 0.5) is 15.9 Å². The molecule has 10 heteroatoms. The number of nitrogens with zero attached hydrogens (tertiary/aromatic N) is 2. The van der Waals surface area contributed by atoms with Gasteiger partial charge >= 0.3 is 0 Å². The highest BCUT2D eigenvalue weighted by Gasteiger charge is 2.11. The largest absolute Gasteiger partial charge is 0.487 e. The second-order valence-corrected chi connectivity index (χ2v) is 9.32. The molecule has 0 spiro atoms. The predicted octanol–water partition coefficient (Wildman–Crippen LogP) is 6.47. The van der Waals surface area contributed by atoms with E-state index in [4.69, 9.17) is 30.6 Å². The summed E-state index contributed by atoms with van der Waals surface area (Å²) in [4.78, 5) is 20.0. The molecule has 0 fully saturated rings. The minimum Gasteiger partial charge on any atom is -0.487 e. The molecule has 2 N–H and O–H groups in total. The Morgan fingerprint density at radius 2 is 1.93 bits per heavy atom. The highest BCUT2D eigenvalue weighted by molar-refractivity contribution is 6.32. The lowest BCUT2D eigenvalue weighted by Gasteiger charge is -2.12. The van der Waals surface area contributed by atoms with Gasteiger partial charge in [0.15, 0.2) is 5.78 Å². The number of furan rings is 1. The van der Waals surface area contributed by atoms with Crippen molar-refractivity contribution < 1.29 is 28.2 Å². The lowest BCUT2D eigenvalue weighted by molar-refractivity contribution is -0.122. The first-order valence-corrected chi connectivity index (χ1v) is 12.8. The van der Waals surface area contributed by atoms with Gasteiger partial charge in [-0.05, 0) is 66.2 Å². The molecule has 0 radical (unpaired) electrons. The predicted molar refractivity (Wildman–Crippen MR) is 149 cm³/mol. The van der Waals surface area contributed by atoms with Gasteiger partial charge in [-0.3, -0.25) is 4.79 Å². The molecule has 0 unspecified atom stereocenters. The summed E-state index contributed by atoms with van der Waals surface area (Å²) < 4.78 is 30.6. The summed E-state index contributed by atoms with van der Waals surface area (Å²) in [6, 6.07) is 20.9. The number of benzene rings is 3. The molecule has 8 nitrogen and oxygen atoms in total. The molecule has 40 heavy (non-hydrogen) atoms. The maximum atomic E-state index is 13.4. The average Bonchev–Trinajstić information content (AvgIpc) is 3.44. The van der Waals surface area contributed by atoms with Crippen molar-refractivity contribution in [1.29, 1.82) is 0 Å². The first-order chi connectivity index (χ1) is 19.5. The van der Waals surface area contributed by atoms with Gasteiger partial charge in [-0.15, -0.1) is 0 Å². The lowest BCUT2D eigenvalue weighted by atomic mass is 10.1. The maximum absolute atomic E-state index is 13.4. The fourth-order valence-electron chi connectivity index (χ4n) is 3.98. The second kappa shape index (κ2) is 12.7. The van der Waals surface area contributed by atoms with Crippen LogP contribution in [-0.4, -0.2) is 34.1 Å². The van der Waals surface area contributed by atoms with Gasteiger partial charge < -0.3 is 24.3 Å². The maximum Gasteiger partial charge on any atom is 0.160 e. The van der Waals surface area contributed by atoms with Gasteiger partial charge in [0, 0.05) is 23.1 Å². The zero-order valence-corrected chi connectivity index (χ0v) is 22.0. The fourth-order valence-corrected chi connectivity index (χ4v) is 4.21. The van der Waals surface area contributed by atoms with Crippen molar-refractivity contribution in [2.75, 3.05) is 18.5 Å². The van der Waals surface area contributed by atoms with E-state index in [9.17, 15) is 9.18 Å². The number of rotatable bonds is 12. The Bertz CT molecular complexity index is 1640. The molecule has 0 amide bonds. The average molecular weight is 562 g/mol. The van der Waals surface area contributed by atoms with Crippen molar-refractivity contribution in [1.82, 2.24) is 9.97 Å². The van der Waals surface area contributed by atoms with Crippen molar-refractivity contribution >= 4 is 39.8 Å². The molecular weight excluding hydrogens is 537 g/mol. The molecule has 2 heterocycles. The van der Waals surface area contributed by atoms with E-state index in [-0.39, 0.29) is 37.8 Å². The molecule has 5 aromatic rings. The molecule has 2 aromatic heterocycles. The number of carbonyl (C=O) groups is 1. The van der Waals surface area contributed by atoms with Gasteiger partial charge in [0.05, 0.1) is 17.1 Å². The first kappa shape index (κ1) is 27.3. The van der Waals surface area contributed by atoms with E-state index in [1.807, 2.05) is 36.4 Å². The number of ether oxygens (including phenoxy) is 2. The molecule has 5 rings (SSSR count). The van der Waals surface area contributed by atoms with Crippen molar-refractivity contribution in [2.45, 2.75) is 19.6 Å². The van der Waals surface area contributed by atoms with Crippen LogP contribution in [0.25, 0.3) is 22.2 Å². The number of ketones is 1. The summed E-state index contributed by atoms with van der Waals surface area (Å²) >= 11 is 6.46. The molecule has 0 aliphatic heterocycles. The minimum absolute atomic E-state index is 0.153. The van der Waals surface area contributed by atoms with Crippen molar-refractivity contribution in [3.8, 4) is 17.1 Å². The zero-order chi connectivity index (χ0) is 27.9. The summed E-state index contributed by atoms with van der Waals surface area (Å²) in [7, 11) is 0. The SMILES string of the molecule is O=C(CO)CCOCc1ccc(-c2ccc3ncnc(Nc4ccc(OCc5cccc(F)c5)c(Cl)c4)c3c2)o1. The van der Waals surface area contributed by atoms with Crippen molar-refractivity contribution in [2.24, 2.45) is 0 Å². The van der Waals surface area contributed by atoms with Crippen molar-refractivity contribution in [3.63, 3.8) is 0 Å². The van der Waals surface area contributed by atoms with Crippen LogP contribution in [-0.2, 0) is 22.7 Å². The number of hydrogen-bond acceptors (Lipinski definition) is 8. The number of halogens is 2. The summed E-state index contributed by atoms with van der Waals surface area (Å²) in [5, 5.41) is 13.3. The molecule has 204 valence electrons. The topological polar surface area (TPSA) is 107 Å². The normalized spacial score (nSPS) is 11.1. The van der Waals surface area contributed by atoms with Gasteiger partial charge in [-0.2, -0.15) is 0 Å². The zero-order valence-electron chi connectivity index (χ0n) is 21.3. The van der Waals surface area contributed by atoms with Gasteiger partial charge in [0.1, 0.15) is 55.1 Å². The third-order valence-electron chi connectivity index (χ3n) is 6.01. The summed E-state index contributed by atoms with van der Waals surface area (Å²) in [5.74, 6) is 1.73. The molecule has 0 bridgehead atoms. The number of aliphatic hydroxyl groups excluding tert-OH is 1. The van der Waals surface area contributed by atoms with E-state index in [2.05, 4.69) is 15.3 Å². The number of nitrogens with one attached hydrogen (secondary N) is 1. The monoisotopic (exact) mass is 561 g/mol. The molecule has 0 aliphatic rings. The van der Waals surface area contributed by atoms with Crippen LogP contribution in [0.15, 0.2) is 83.5 Å². The summed E-state index contributed by atoms with van der Waals surface area (Å²) in [5.41, 5.74) is 2.97. The van der Waals surface area contributed by atoms with Crippen LogP contribution < -0.4 is 10.1 Å². The van der Waals surface area contributed by atoms with E-state index >= 15 is 0 Å². The molecule has 0 saturated heterocycles. The number of aromatic nitrogens is 2. The lowest BCUT2D eigenvalue weighted by Crippen LogP contribution is -2.07. The number of aliphatic hydroxyl groups is 1. The van der Waals surface area contributed by atoms with E-state index in [0.717, 1.165) is 16.5 Å². The molecule has 0 atom stereocenters. The fraction of sp³-hybridized carbons (Fsp3) is 0.167. The Hall–Kier alpha value is -4.31. The Morgan fingerprint density at radius 1 is 1.02 bits per heavy atom. The number of hydrogen-bond donors (Lipinski definition) is 2. The standard InChI is InChI=1S/C30H25ClFN3O5/c31-26-14-22(5-8-29(26)39-16-19-2-1-3-21(32)12-19)35-30-25-13-20(4-7-27(25)33-18-34-30)28-9-6-24(40-28)17-38-11-10-23(37)15-36/h1-9,12-14,18,36H,10-11,15-17H2,(H,33,34,35). The third-order valence-corrected chi connectivity index (χ3v) is 6.30. The number of anilines is 2. The number of carbonyl (C=O) groups excluding carboxylic acids is 1. The number of fused-ring (bicyclic) bond motifs is 1. The van der Waals surface area contributed by atoms with E-state index in [1.54, 1.807) is 24.3 Å². The van der Waals surface area contributed by atoms with Crippen LogP contribution in [0.3, 0.4) is 0 Å². The van der Waals surface area contributed by atoms with Crippen LogP contribution in [0.1, 0.15) is 17.7 Å². The summed E-state index contributed by atoms with van der Waals surface area (Å²) in [6.07, 6.45) is 1.63. The van der Waals surface area contributed by atoms with Gasteiger partial charge in [-0.1, -0.05) is 23.7 Å². The summed E-state index contributed by atoms with van der Waals surface area (Å²) in [6.45, 7) is 0.127. The number of Topliss-reactive ketones (excluding diaryl/α,β-unsaturated/α-hetero) is 1. The molecule has 0 aliphatic carbocycles. The molecular formula is C30H25ClFN3O5. The molecule has 3 aromatic carbocycles.